The zero-order valence-electron chi connectivity index (χ0n) is 12.4. The number of ether oxygens (including phenoxy) is 3. The van der Waals surface area contributed by atoms with Crippen LogP contribution in [0.1, 0.15) is 20.7 Å². The zero-order valence-corrected chi connectivity index (χ0v) is 13.9. The number of ketones is 1. The fourth-order valence-corrected chi connectivity index (χ4v) is 2.55. The first-order valence-corrected chi connectivity index (χ1v) is 7.85. The minimum Gasteiger partial charge on any atom is -0.486 e. The van der Waals surface area contributed by atoms with Crippen LogP contribution in [0, 0.1) is 0 Å². The lowest BCUT2D eigenvalue weighted by molar-refractivity contribution is 0.0474. The molecule has 24 heavy (non-hydrogen) atoms. The van der Waals surface area contributed by atoms with E-state index in [-0.39, 0.29) is 23.0 Å². The lowest BCUT2D eigenvalue weighted by Crippen LogP contribution is -2.17. The number of benzene rings is 2. The van der Waals surface area contributed by atoms with Crippen LogP contribution in [0.2, 0.25) is 10.0 Å². The van der Waals surface area contributed by atoms with Gasteiger partial charge in [-0.05, 0) is 36.4 Å². The fourth-order valence-electron chi connectivity index (χ4n) is 2.16. The van der Waals surface area contributed by atoms with E-state index in [9.17, 15) is 9.59 Å². The predicted molar refractivity (Wildman–Crippen MR) is 88.5 cm³/mol. The third-order valence-electron chi connectivity index (χ3n) is 3.33. The van der Waals surface area contributed by atoms with Gasteiger partial charge in [0.1, 0.15) is 13.2 Å². The Morgan fingerprint density at radius 1 is 1.00 bits per heavy atom. The van der Waals surface area contributed by atoms with E-state index >= 15 is 0 Å². The Morgan fingerprint density at radius 2 is 1.71 bits per heavy atom. The topological polar surface area (TPSA) is 61.8 Å². The van der Waals surface area contributed by atoms with Crippen molar-refractivity contribution in [3.63, 3.8) is 0 Å². The summed E-state index contributed by atoms with van der Waals surface area (Å²) >= 11 is 11.8. The maximum Gasteiger partial charge on any atom is 0.338 e. The fraction of sp³-hybridized carbons (Fsp3) is 0.176. The van der Waals surface area contributed by atoms with Gasteiger partial charge in [-0.3, -0.25) is 4.79 Å². The van der Waals surface area contributed by atoms with Gasteiger partial charge in [0.15, 0.2) is 23.9 Å². The molecule has 3 rings (SSSR count). The average molecular weight is 367 g/mol. The van der Waals surface area contributed by atoms with E-state index in [0.717, 1.165) is 0 Å². The van der Waals surface area contributed by atoms with Gasteiger partial charge in [0.05, 0.1) is 10.6 Å². The van der Waals surface area contributed by atoms with Crippen molar-refractivity contribution in [1.29, 1.82) is 0 Å². The van der Waals surface area contributed by atoms with Crippen molar-refractivity contribution < 1.29 is 23.8 Å². The highest BCUT2D eigenvalue weighted by molar-refractivity contribution is 6.32. The Labute approximate surface area is 148 Å². The van der Waals surface area contributed by atoms with Gasteiger partial charge in [-0.2, -0.15) is 0 Å². The molecule has 1 heterocycles. The number of esters is 1. The zero-order chi connectivity index (χ0) is 17.1. The van der Waals surface area contributed by atoms with E-state index < -0.39 is 5.97 Å². The summed E-state index contributed by atoms with van der Waals surface area (Å²) in [6, 6.07) is 9.23. The van der Waals surface area contributed by atoms with Crippen LogP contribution in [-0.2, 0) is 4.74 Å². The van der Waals surface area contributed by atoms with Crippen LogP contribution in [0.3, 0.4) is 0 Å². The van der Waals surface area contributed by atoms with Gasteiger partial charge in [-0.1, -0.05) is 23.2 Å². The molecule has 124 valence electrons. The molecular formula is C17H12Cl2O5. The van der Waals surface area contributed by atoms with E-state index in [0.29, 0.717) is 35.3 Å². The highest BCUT2D eigenvalue weighted by Gasteiger charge is 2.20. The van der Waals surface area contributed by atoms with Crippen LogP contribution in [0.5, 0.6) is 11.5 Å². The van der Waals surface area contributed by atoms with E-state index in [1.165, 1.54) is 12.1 Å². The van der Waals surface area contributed by atoms with Crippen LogP contribution in [-0.4, -0.2) is 31.6 Å². The SMILES string of the molecule is O=C(COC(=O)c1cc(Cl)c2c(c1)OCCO2)c1ccc(Cl)cc1. The van der Waals surface area contributed by atoms with Gasteiger partial charge in [0, 0.05) is 10.6 Å². The maximum atomic E-state index is 12.1. The third kappa shape index (κ3) is 3.63. The number of fused-ring (bicyclic) bond motifs is 1. The Morgan fingerprint density at radius 3 is 2.46 bits per heavy atom. The van der Waals surface area contributed by atoms with E-state index in [1.54, 1.807) is 24.3 Å². The Kier molecular flexibility index (Phi) is 4.92. The first-order chi connectivity index (χ1) is 11.5. The molecule has 0 radical (unpaired) electrons. The van der Waals surface area contributed by atoms with Gasteiger partial charge in [-0.25, -0.2) is 4.79 Å². The molecule has 1 aliphatic heterocycles. The molecule has 0 N–H and O–H groups in total. The van der Waals surface area contributed by atoms with Crippen LogP contribution >= 0.6 is 23.2 Å². The Hall–Kier alpha value is -2.24. The molecule has 7 heteroatoms. The van der Waals surface area contributed by atoms with Crippen molar-refractivity contribution in [3.05, 3.63) is 57.6 Å². The van der Waals surface area contributed by atoms with Crippen molar-refractivity contribution in [2.24, 2.45) is 0 Å². The molecule has 5 nitrogen and oxygen atoms in total. The molecule has 0 bridgehead atoms. The van der Waals surface area contributed by atoms with Gasteiger partial charge >= 0.3 is 5.97 Å². The lowest BCUT2D eigenvalue weighted by Gasteiger charge is -2.19. The number of halogens is 2. The van der Waals surface area contributed by atoms with Crippen molar-refractivity contribution in [1.82, 2.24) is 0 Å². The minimum absolute atomic E-state index is 0.188. The van der Waals surface area contributed by atoms with Crippen molar-refractivity contribution in [2.75, 3.05) is 19.8 Å². The molecule has 0 saturated heterocycles. The molecule has 2 aromatic rings. The smallest absolute Gasteiger partial charge is 0.338 e. The normalized spacial score (nSPS) is 12.6. The quantitative estimate of drug-likeness (QED) is 0.608. The summed E-state index contributed by atoms with van der Waals surface area (Å²) in [6.07, 6.45) is 0. The molecule has 0 fully saturated rings. The molecule has 0 unspecified atom stereocenters. The summed E-state index contributed by atoms with van der Waals surface area (Å²) in [6.45, 7) is 0.384. The maximum absolute atomic E-state index is 12.1. The number of carbonyl (C=O) groups excluding carboxylic acids is 2. The van der Waals surface area contributed by atoms with Crippen LogP contribution < -0.4 is 9.47 Å². The lowest BCUT2D eigenvalue weighted by atomic mass is 10.1. The summed E-state index contributed by atoms with van der Waals surface area (Å²) in [5.74, 6) is -0.221. The summed E-state index contributed by atoms with van der Waals surface area (Å²) in [7, 11) is 0. The van der Waals surface area contributed by atoms with Gasteiger partial charge in [-0.15, -0.1) is 0 Å². The second-order valence-electron chi connectivity index (χ2n) is 4.99. The number of carbonyl (C=O) groups is 2. The summed E-state index contributed by atoms with van der Waals surface area (Å²) < 4.78 is 15.8. The van der Waals surface area contributed by atoms with Crippen LogP contribution in [0.15, 0.2) is 36.4 Å². The predicted octanol–water partition coefficient (Wildman–Crippen LogP) is 3.80. The van der Waals surface area contributed by atoms with Gasteiger partial charge < -0.3 is 14.2 Å². The second kappa shape index (κ2) is 7.11. The molecule has 2 aromatic carbocycles. The summed E-state index contributed by atoms with van der Waals surface area (Å²) in [5, 5.41) is 0.776. The average Bonchev–Trinajstić information content (AvgIpc) is 2.60. The number of rotatable bonds is 4. The van der Waals surface area contributed by atoms with E-state index in [1.807, 2.05) is 0 Å². The Bertz CT molecular complexity index is 786. The van der Waals surface area contributed by atoms with Crippen LogP contribution in [0.4, 0.5) is 0 Å². The highest BCUT2D eigenvalue weighted by atomic mass is 35.5. The third-order valence-corrected chi connectivity index (χ3v) is 3.87. The summed E-state index contributed by atoms with van der Waals surface area (Å²) in [5.41, 5.74) is 0.598. The standard InChI is InChI=1S/C17H12Cl2O5/c18-12-3-1-10(2-4-12)14(20)9-24-17(21)11-7-13(19)16-15(8-11)22-5-6-23-16/h1-4,7-8H,5-6,9H2. The minimum atomic E-state index is -0.670. The molecule has 0 aromatic heterocycles. The highest BCUT2D eigenvalue weighted by Crippen LogP contribution is 2.38. The molecule has 0 aliphatic carbocycles. The first-order valence-electron chi connectivity index (χ1n) is 7.09. The van der Waals surface area contributed by atoms with Crippen molar-refractivity contribution in [3.8, 4) is 11.5 Å². The van der Waals surface area contributed by atoms with Gasteiger partial charge in [0.25, 0.3) is 0 Å². The number of Topliss-reactive ketones (excluding diaryl/α,β-unsaturated/α-hetero) is 1. The van der Waals surface area contributed by atoms with Crippen molar-refractivity contribution in [2.45, 2.75) is 0 Å². The molecule has 1 aliphatic rings. The molecule has 0 atom stereocenters. The second-order valence-corrected chi connectivity index (χ2v) is 5.83. The molecule has 0 saturated carbocycles. The molecule has 0 amide bonds. The van der Waals surface area contributed by atoms with Crippen molar-refractivity contribution >= 4 is 35.0 Å². The van der Waals surface area contributed by atoms with Crippen LogP contribution in [0.25, 0.3) is 0 Å². The monoisotopic (exact) mass is 366 g/mol. The Balaban J connectivity index is 1.68. The van der Waals surface area contributed by atoms with E-state index in [2.05, 4.69) is 0 Å². The first kappa shape index (κ1) is 16.6. The summed E-state index contributed by atoms with van der Waals surface area (Å²) in [4.78, 5) is 24.1. The largest absolute Gasteiger partial charge is 0.486 e. The van der Waals surface area contributed by atoms with Gasteiger partial charge in [0.2, 0.25) is 0 Å². The number of hydrogen-bond acceptors (Lipinski definition) is 5. The number of hydrogen-bond donors (Lipinski definition) is 0. The van der Waals surface area contributed by atoms with E-state index in [4.69, 9.17) is 37.4 Å². The molecule has 0 spiro atoms. The molecular weight excluding hydrogens is 355 g/mol.